The molecule has 6 rings (SSSR count). The number of amides is 2. The number of carbonyl (C=O) groups is 2. The maximum Gasteiger partial charge on any atom is 0.292 e. The molecule has 4 aliphatic carbocycles. The third kappa shape index (κ3) is 2.67. The van der Waals surface area contributed by atoms with Crippen molar-refractivity contribution in [3.8, 4) is 0 Å². The Balaban J connectivity index is 1.36. The fourth-order valence-corrected chi connectivity index (χ4v) is 6.72. The number of nitrogens with two attached hydrogens (primary N) is 1. The Hall–Kier alpha value is -1.20. The van der Waals surface area contributed by atoms with Crippen LogP contribution in [0.3, 0.4) is 0 Å². The van der Waals surface area contributed by atoms with Gasteiger partial charge in [-0.3, -0.25) is 9.59 Å². The fraction of sp³-hybridized carbons (Fsp3) is 0.600. The standard InChI is InChI=1S/C20H23BrN2O2/c21-15-1-3-16(4-2-15)23-18(24)8-17(19(23)25)22-20-9-12-5-13(10-20)7-14(6-12)11-20/h1-4,12-14,17,22H,5-11H2/p+1/t12?,13?,14?,17-,20?/m1/s1. The molecule has 5 fully saturated rings. The second-order valence-corrected chi connectivity index (χ2v) is 9.72. The first kappa shape index (κ1) is 16.0. The second kappa shape index (κ2) is 5.65. The largest absolute Gasteiger partial charge is 0.331 e. The third-order valence-corrected chi connectivity index (χ3v) is 7.44. The summed E-state index contributed by atoms with van der Waals surface area (Å²) in [6.07, 6.45) is 8.28. The molecule has 1 heterocycles. The van der Waals surface area contributed by atoms with Crippen LogP contribution < -0.4 is 10.2 Å². The monoisotopic (exact) mass is 403 g/mol. The zero-order valence-electron chi connectivity index (χ0n) is 14.3. The average molecular weight is 404 g/mol. The van der Waals surface area contributed by atoms with Gasteiger partial charge < -0.3 is 5.32 Å². The number of rotatable bonds is 3. The first-order valence-electron chi connectivity index (χ1n) is 9.50. The lowest BCUT2D eigenvalue weighted by Gasteiger charge is -2.55. The van der Waals surface area contributed by atoms with Crippen molar-refractivity contribution in [2.24, 2.45) is 17.8 Å². The third-order valence-electron chi connectivity index (χ3n) is 6.91. The first-order valence-corrected chi connectivity index (χ1v) is 10.3. The molecular weight excluding hydrogens is 380 g/mol. The van der Waals surface area contributed by atoms with Crippen LogP contribution in [0.1, 0.15) is 44.9 Å². The van der Waals surface area contributed by atoms with E-state index in [2.05, 4.69) is 21.2 Å². The highest BCUT2D eigenvalue weighted by Gasteiger charge is 2.56. The van der Waals surface area contributed by atoms with Gasteiger partial charge in [0.15, 0.2) is 6.04 Å². The molecule has 2 amide bonds. The summed E-state index contributed by atoms with van der Waals surface area (Å²) in [6.45, 7) is 0. The number of imide groups is 1. The van der Waals surface area contributed by atoms with Gasteiger partial charge in [-0.2, -0.15) is 0 Å². The van der Waals surface area contributed by atoms with Crippen LogP contribution in [0.25, 0.3) is 0 Å². The van der Waals surface area contributed by atoms with Crippen molar-refractivity contribution in [3.63, 3.8) is 0 Å². The molecule has 1 aromatic carbocycles. The van der Waals surface area contributed by atoms with Crippen LogP contribution in [0.5, 0.6) is 0 Å². The summed E-state index contributed by atoms with van der Waals surface area (Å²) in [5.41, 5.74) is 0.921. The van der Waals surface area contributed by atoms with Crippen molar-refractivity contribution in [3.05, 3.63) is 28.7 Å². The summed E-state index contributed by atoms with van der Waals surface area (Å²) in [5.74, 6) is 2.49. The minimum atomic E-state index is -0.229. The van der Waals surface area contributed by atoms with E-state index in [-0.39, 0.29) is 23.4 Å². The molecular formula is C20H24BrN2O2+. The molecule has 5 heteroatoms. The molecule has 0 spiro atoms. The molecule has 0 unspecified atom stereocenters. The van der Waals surface area contributed by atoms with Crippen LogP contribution in [0.2, 0.25) is 0 Å². The van der Waals surface area contributed by atoms with Crippen molar-refractivity contribution >= 4 is 33.4 Å². The van der Waals surface area contributed by atoms with E-state index in [1.54, 1.807) is 0 Å². The van der Waals surface area contributed by atoms with E-state index in [1.807, 2.05) is 24.3 Å². The molecule has 5 aliphatic rings. The van der Waals surface area contributed by atoms with E-state index < -0.39 is 0 Å². The summed E-state index contributed by atoms with van der Waals surface area (Å²) in [7, 11) is 0. The molecule has 0 radical (unpaired) electrons. The number of hydrogen-bond donors (Lipinski definition) is 1. The predicted octanol–water partition coefficient (Wildman–Crippen LogP) is 2.61. The van der Waals surface area contributed by atoms with E-state index in [0.717, 1.165) is 22.2 Å². The van der Waals surface area contributed by atoms with Gasteiger partial charge in [-0.1, -0.05) is 15.9 Å². The van der Waals surface area contributed by atoms with Gasteiger partial charge in [0, 0.05) is 23.7 Å². The Morgan fingerprint density at radius 2 is 1.52 bits per heavy atom. The van der Waals surface area contributed by atoms with Crippen molar-refractivity contribution in [2.45, 2.75) is 56.5 Å². The SMILES string of the molecule is O=C1C[C@@H]([NH2+]C23CC4CC(CC(C4)C2)C3)C(=O)N1c1ccc(Br)cc1. The highest BCUT2D eigenvalue weighted by Crippen LogP contribution is 2.54. The Labute approximate surface area is 156 Å². The topological polar surface area (TPSA) is 54.0 Å². The summed E-state index contributed by atoms with van der Waals surface area (Å²) in [4.78, 5) is 26.9. The maximum atomic E-state index is 13.0. The lowest BCUT2D eigenvalue weighted by molar-refractivity contribution is -0.755. The van der Waals surface area contributed by atoms with Crippen LogP contribution in [0.4, 0.5) is 5.69 Å². The van der Waals surface area contributed by atoms with Crippen LogP contribution >= 0.6 is 15.9 Å². The minimum absolute atomic E-state index is 0.0249. The minimum Gasteiger partial charge on any atom is -0.331 e. The average Bonchev–Trinajstić information content (AvgIpc) is 2.80. The molecule has 4 saturated carbocycles. The zero-order chi connectivity index (χ0) is 17.2. The van der Waals surface area contributed by atoms with Crippen molar-refractivity contribution in [1.29, 1.82) is 0 Å². The summed E-state index contributed by atoms with van der Waals surface area (Å²) in [6, 6.07) is 7.21. The highest BCUT2D eigenvalue weighted by atomic mass is 79.9. The Morgan fingerprint density at radius 3 is 2.08 bits per heavy atom. The number of hydrogen-bond acceptors (Lipinski definition) is 2. The van der Waals surface area contributed by atoms with Gasteiger partial charge in [-0.05, 0) is 61.3 Å². The quantitative estimate of drug-likeness (QED) is 0.788. The smallest absolute Gasteiger partial charge is 0.292 e. The van der Waals surface area contributed by atoms with E-state index in [9.17, 15) is 9.59 Å². The molecule has 2 N–H and O–H groups in total. The van der Waals surface area contributed by atoms with E-state index in [1.165, 1.54) is 43.4 Å². The van der Waals surface area contributed by atoms with Gasteiger partial charge in [0.25, 0.3) is 5.91 Å². The lowest BCUT2D eigenvalue weighted by atomic mass is 9.53. The van der Waals surface area contributed by atoms with Gasteiger partial charge in [0.1, 0.15) is 0 Å². The Kier molecular flexibility index (Phi) is 3.62. The van der Waals surface area contributed by atoms with Crippen LogP contribution in [0, 0.1) is 17.8 Å². The van der Waals surface area contributed by atoms with E-state index >= 15 is 0 Å². The van der Waals surface area contributed by atoms with Crippen molar-refractivity contribution in [2.75, 3.05) is 4.90 Å². The van der Waals surface area contributed by atoms with E-state index in [0.29, 0.717) is 12.1 Å². The molecule has 0 aromatic heterocycles. The van der Waals surface area contributed by atoms with Crippen LogP contribution in [0.15, 0.2) is 28.7 Å². The van der Waals surface area contributed by atoms with Gasteiger partial charge in [0.2, 0.25) is 5.91 Å². The molecule has 1 aromatic rings. The number of anilines is 1. The fourth-order valence-electron chi connectivity index (χ4n) is 6.46. The number of halogens is 1. The number of carbonyl (C=O) groups excluding carboxylic acids is 2. The van der Waals surface area contributed by atoms with Crippen LogP contribution in [-0.4, -0.2) is 23.4 Å². The zero-order valence-corrected chi connectivity index (χ0v) is 15.9. The summed E-state index contributed by atoms with van der Waals surface area (Å²) in [5, 5.41) is 2.32. The first-order chi connectivity index (χ1) is 12.0. The van der Waals surface area contributed by atoms with E-state index in [4.69, 9.17) is 0 Å². The molecule has 4 bridgehead atoms. The summed E-state index contributed by atoms with van der Waals surface area (Å²) >= 11 is 3.41. The lowest BCUT2D eigenvalue weighted by Crippen LogP contribution is -3.03. The number of nitrogens with zero attached hydrogens (tertiary/aromatic N) is 1. The van der Waals surface area contributed by atoms with Gasteiger partial charge in [-0.25, -0.2) is 4.90 Å². The predicted molar refractivity (Wildman–Crippen MR) is 97.9 cm³/mol. The molecule has 4 nitrogen and oxygen atoms in total. The number of quaternary nitrogens is 1. The molecule has 25 heavy (non-hydrogen) atoms. The normalized spacial score (nSPS) is 39.5. The van der Waals surface area contributed by atoms with Gasteiger partial charge >= 0.3 is 0 Å². The van der Waals surface area contributed by atoms with Crippen molar-refractivity contribution in [1.82, 2.24) is 0 Å². The molecule has 1 atom stereocenters. The molecule has 1 aliphatic heterocycles. The van der Waals surface area contributed by atoms with Crippen LogP contribution in [-0.2, 0) is 9.59 Å². The summed E-state index contributed by atoms with van der Waals surface area (Å²) < 4.78 is 0.951. The second-order valence-electron chi connectivity index (χ2n) is 8.80. The van der Waals surface area contributed by atoms with Crippen molar-refractivity contribution < 1.29 is 14.9 Å². The number of benzene rings is 1. The molecule has 132 valence electrons. The maximum absolute atomic E-state index is 13.0. The Bertz CT molecular complexity index is 694. The Morgan fingerprint density at radius 1 is 0.960 bits per heavy atom. The molecule has 1 saturated heterocycles. The van der Waals surface area contributed by atoms with Gasteiger partial charge in [-0.15, -0.1) is 0 Å². The highest BCUT2D eigenvalue weighted by molar-refractivity contribution is 9.10. The van der Waals surface area contributed by atoms with Gasteiger partial charge in [0.05, 0.1) is 17.6 Å².